The molecule has 0 radical (unpaired) electrons. The third-order valence-corrected chi connectivity index (χ3v) is 17.3. The number of aliphatic carboxylic acids is 1. The molecule has 5 aliphatic carbocycles. The van der Waals surface area contributed by atoms with Gasteiger partial charge in [0.1, 0.15) is 6.10 Å². The van der Waals surface area contributed by atoms with E-state index >= 15 is 0 Å². The first-order valence-corrected chi connectivity index (χ1v) is 20.8. The summed E-state index contributed by atoms with van der Waals surface area (Å²) >= 11 is 0. The summed E-state index contributed by atoms with van der Waals surface area (Å²) in [7, 11) is 2.25. The van der Waals surface area contributed by atoms with Crippen molar-refractivity contribution >= 4 is 11.9 Å². The van der Waals surface area contributed by atoms with Crippen LogP contribution in [0.4, 0.5) is 0 Å². The van der Waals surface area contributed by atoms with Gasteiger partial charge in [-0.1, -0.05) is 60.6 Å². The topological polar surface area (TPSA) is 78.9 Å². The summed E-state index contributed by atoms with van der Waals surface area (Å²) in [6, 6.07) is 0.699. The van der Waals surface area contributed by atoms with E-state index < -0.39 is 11.4 Å². The standard InChI is InChI=1S/C44H74N2O4/c1-28(2)32-25-29(16-22-45-30-17-23-46(10)24-18-30)31-13-20-43(8)33(39(31)32)11-12-35-42(7)19-15-36(41(5,6)34(42)14-21-44(35,43)9)50-38(49)27-40(3,4)26-37(47)48/h29-36,39,45H,1,11-27H2,2-10H3,(H,47,48)/t29-,31?,32+,33-,34+,35-,36+,39-,42+,43-,44-/m1/s1. The second-order valence-corrected chi connectivity index (χ2v) is 21.0. The summed E-state index contributed by atoms with van der Waals surface area (Å²) in [6.45, 7) is 27.2. The molecule has 0 aromatic carbocycles. The van der Waals surface area contributed by atoms with E-state index in [1.807, 2.05) is 13.8 Å². The predicted molar refractivity (Wildman–Crippen MR) is 203 cm³/mol. The average Bonchev–Trinajstić information content (AvgIpc) is 3.38. The lowest BCUT2D eigenvalue weighted by atomic mass is 9.33. The van der Waals surface area contributed by atoms with Gasteiger partial charge in [0, 0.05) is 11.5 Å². The average molecular weight is 695 g/mol. The van der Waals surface area contributed by atoms with Crippen LogP contribution in [0.3, 0.4) is 0 Å². The first-order valence-electron chi connectivity index (χ1n) is 20.8. The van der Waals surface area contributed by atoms with Crippen LogP contribution in [-0.4, -0.2) is 60.8 Å². The summed E-state index contributed by atoms with van der Waals surface area (Å²) in [6.07, 6.45) is 15.3. The molecule has 2 N–H and O–H groups in total. The zero-order chi connectivity index (χ0) is 36.4. The van der Waals surface area contributed by atoms with E-state index in [1.54, 1.807) is 0 Å². The van der Waals surface area contributed by atoms with Crippen molar-refractivity contribution in [1.82, 2.24) is 10.2 Å². The van der Waals surface area contributed by atoms with Crippen LogP contribution in [0, 0.1) is 68.5 Å². The Morgan fingerprint density at radius 3 is 2.24 bits per heavy atom. The number of carboxylic acid groups (broad SMARTS) is 1. The number of nitrogens with zero attached hydrogens (tertiary/aromatic N) is 1. The molecule has 0 aromatic rings. The molecule has 1 heterocycles. The molecular weight excluding hydrogens is 620 g/mol. The molecule has 6 aliphatic rings. The third kappa shape index (κ3) is 6.66. The van der Waals surface area contributed by atoms with E-state index in [2.05, 4.69) is 65.4 Å². The molecule has 0 spiro atoms. The van der Waals surface area contributed by atoms with Crippen molar-refractivity contribution in [2.45, 2.75) is 157 Å². The summed E-state index contributed by atoms with van der Waals surface area (Å²) in [4.78, 5) is 27.1. The lowest BCUT2D eigenvalue weighted by Crippen LogP contribution is -2.66. The van der Waals surface area contributed by atoms with Gasteiger partial charge in [-0.05, 0) is 174 Å². The van der Waals surface area contributed by atoms with Gasteiger partial charge in [0.25, 0.3) is 0 Å². The number of carbonyl (C=O) groups excluding carboxylic acids is 1. The zero-order valence-electron chi connectivity index (χ0n) is 33.5. The molecule has 11 atom stereocenters. The highest BCUT2D eigenvalue weighted by Crippen LogP contribution is 2.76. The lowest BCUT2D eigenvalue weighted by Gasteiger charge is -2.72. The van der Waals surface area contributed by atoms with Crippen molar-refractivity contribution < 1.29 is 19.4 Å². The molecular formula is C44H74N2O4. The van der Waals surface area contributed by atoms with Crippen molar-refractivity contribution in [3.05, 3.63) is 12.2 Å². The number of nitrogens with one attached hydrogen (secondary N) is 1. The van der Waals surface area contributed by atoms with Crippen LogP contribution in [0.25, 0.3) is 0 Å². The third-order valence-electron chi connectivity index (χ3n) is 17.3. The molecule has 0 bridgehead atoms. The highest BCUT2D eigenvalue weighted by atomic mass is 16.5. The van der Waals surface area contributed by atoms with E-state index in [0.29, 0.717) is 34.6 Å². The summed E-state index contributed by atoms with van der Waals surface area (Å²) in [5.41, 5.74) is 1.63. The number of rotatable bonds is 10. The first kappa shape index (κ1) is 38.3. The van der Waals surface area contributed by atoms with Crippen LogP contribution in [0.5, 0.6) is 0 Å². The molecule has 1 saturated heterocycles. The van der Waals surface area contributed by atoms with Crippen LogP contribution < -0.4 is 5.32 Å². The molecule has 50 heavy (non-hydrogen) atoms. The number of fused-ring (bicyclic) bond motifs is 7. The van der Waals surface area contributed by atoms with Crippen LogP contribution in [0.2, 0.25) is 0 Å². The number of likely N-dealkylation sites (tertiary alicyclic amines) is 1. The van der Waals surface area contributed by atoms with Gasteiger partial charge in [0.05, 0.1) is 12.8 Å². The number of carboxylic acids is 1. The highest BCUT2D eigenvalue weighted by molar-refractivity contribution is 5.73. The van der Waals surface area contributed by atoms with Gasteiger partial charge < -0.3 is 20.1 Å². The van der Waals surface area contributed by atoms with Gasteiger partial charge in [0.2, 0.25) is 0 Å². The maximum absolute atomic E-state index is 13.2. The quantitative estimate of drug-likeness (QED) is 0.175. The normalized spacial score (nSPS) is 43.2. The predicted octanol–water partition coefficient (Wildman–Crippen LogP) is 9.38. The molecule has 0 aromatic heterocycles. The molecule has 0 amide bonds. The van der Waals surface area contributed by atoms with Crippen LogP contribution in [-0.2, 0) is 14.3 Å². The van der Waals surface area contributed by atoms with E-state index in [0.717, 1.165) is 36.5 Å². The number of allylic oxidation sites excluding steroid dienone is 1. The molecule has 5 saturated carbocycles. The molecule has 1 unspecified atom stereocenters. The first-order chi connectivity index (χ1) is 23.3. The maximum atomic E-state index is 13.2. The fourth-order valence-electron chi connectivity index (χ4n) is 14.6. The molecule has 6 nitrogen and oxygen atoms in total. The van der Waals surface area contributed by atoms with Crippen molar-refractivity contribution in [2.75, 3.05) is 26.7 Å². The van der Waals surface area contributed by atoms with Crippen molar-refractivity contribution in [3.63, 3.8) is 0 Å². The number of hydrogen-bond donors (Lipinski definition) is 2. The zero-order valence-corrected chi connectivity index (χ0v) is 33.5. The summed E-state index contributed by atoms with van der Waals surface area (Å²) < 4.78 is 6.30. The Hall–Kier alpha value is -1.40. The summed E-state index contributed by atoms with van der Waals surface area (Å²) in [5, 5.41) is 13.3. The molecule has 284 valence electrons. The number of ether oxygens (including phenoxy) is 1. The van der Waals surface area contributed by atoms with E-state index in [4.69, 9.17) is 4.74 Å². The highest BCUT2D eigenvalue weighted by Gasteiger charge is 2.69. The minimum atomic E-state index is -0.864. The SMILES string of the molecule is C=C(C)[C@@H]1C[C@@H](CCNC2CCN(C)CC2)C2CC[C@]3(C)[C@H](CC[C@@H]4[C@@]5(C)CC[C@H](OC(=O)CC(C)(C)CC(=O)O)C(C)(C)[C@@H]5CC[C@]43C)[C@H]21. The maximum Gasteiger partial charge on any atom is 0.306 e. The van der Waals surface area contributed by atoms with E-state index in [1.165, 1.54) is 89.4 Å². The molecule has 6 rings (SSSR count). The monoisotopic (exact) mass is 695 g/mol. The Labute approximate surface area is 305 Å². The smallest absolute Gasteiger partial charge is 0.306 e. The Morgan fingerprint density at radius 1 is 0.900 bits per heavy atom. The van der Waals surface area contributed by atoms with Gasteiger partial charge in [-0.15, -0.1) is 0 Å². The minimum absolute atomic E-state index is 0.0257. The number of carbonyl (C=O) groups is 2. The largest absolute Gasteiger partial charge is 0.481 e. The fourth-order valence-corrected chi connectivity index (χ4v) is 14.6. The van der Waals surface area contributed by atoms with E-state index in [-0.39, 0.29) is 35.7 Å². The second kappa shape index (κ2) is 13.8. The Morgan fingerprint density at radius 2 is 1.58 bits per heavy atom. The van der Waals surface area contributed by atoms with E-state index in [9.17, 15) is 14.7 Å². The van der Waals surface area contributed by atoms with Gasteiger partial charge in [-0.2, -0.15) is 0 Å². The lowest BCUT2D eigenvalue weighted by molar-refractivity contribution is -0.245. The van der Waals surface area contributed by atoms with Crippen molar-refractivity contribution in [1.29, 1.82) is 0 Å². The number of hydrogen-bond acceptors (Lipinski definition) is 5. The van der Waals surface area contributed by atoms with Crippen LogP contribution in [0.15, 0.2) is 12.2 Å². The van der Waals surface area contributed by atoms with Crippen LogP contribution in [0.1, 0.15) is 145 Å². The van der Waals surface area contributed by atoms with Crippen molar-refractivity contribution in [2.24, 2.45) is 68.5 Å². The molecule has 1 aliphatic heterocycles. The number of esters is 1. The summed E-state index contributed by atoms with van der Waals surface area (Å²) in [5.74, 6) is 4.05. The van der Waals surface area contributed by atoms with Crippen LogP contribution >= 0.6 is 0 Å². The number of piperidine rings is 1. The Balaban J connectivity index is 1.16. The minimum Gasteiger partial charge on any atom is -0.481 e. The molecule has 6 fully saturated rings. The fraction of sp³-hybridized carbons (Fsp3) is 0.909. The van der Waals surface area contributed by atoms with Gasteiger partial charge >= 0.3 is 11.9 Å². The Kier molecular flexibility index (Phi) is 10.6. The molecule has 6 heteroatoms. The van der Waals surface area contributed by atoms with Gasteiger partial charge in [0.15, 0.2) is 0 Å². The Bertz CT molecular complexity index is 1280. The van der Waals surface area contributed by atoms with Crippen molar-refractivity contribution in [3.8, 4) is 0 Å². The van der Waals surface area contributed by atoms with Gasteiger partial charge in [-0.3, -0.25) is 9.59 Å². The van der Waals surface area contributed by atoms with Gasteiger partial charge in [-0.25, -0.2) is 0 Å². The second-order valence-electron chi connectivity index (χ2n) is 21.0.